The highest BCUT2D eigenvalue weighted by Crippen LogP contribution is 2.35. The zero-order chi connectivity index (χ0) is 22.6. The Morgan fingerprint density at radius 2 is 1.91 bits per heavy atom. The highest BCUT2D eigenvalue weighted by molar-refractivity contribution is 5.98. The van der Waals surface area contributed by atoms with Crippen molar-refractivity contribution >= 4 is 22.4 Å². The molecular weight excluding hydrogens is 412 g/mol. The van der Waals surface area contributed by atoms with Crippen molar-refractivity contribution in [3.8, 4) is 17.0 Å². The van der Waals surface area contributed by atoms with Crippen LogP contribution in [0.15, 0.2) is 66.9 Å². The van der Waals surface area contributed by atoms with Gasteiger partial charge in [0.15, 0.2) is 0 Å². The molecule has 0 aliphatic carbocycles. The zero-order valence-electron chi connectivity index (χ0n) is 19.0. The Morgan fingerprint density at radius 1 is 1.06 bits per heavy atom. The second-order valence-corrected chi connectivity index (χ2v) is 8.23. The van der Waals surface area contributed by atoms with Gasteiger partial charge in [0.05, 0.1) is 26.0 Å². The summed E-state index contributed by atoms with van der Waals surface area (Å²) in [5.74, 6) is 1.48. The Kier molecular flexibility index (Phi) is 6.09. The standard InChI is InChI=1S/C27H28N4O2.H2/c1-19-5-3-4-6-21(19)18-29-27-28-10-9-25(30-27)22-15-20-7-8-23(32-2)17-24(20)26(16-22)31-11-13-33-14-12-31;/h3-10,15-17H,11-14,18H2,1-2H3,(H,28,29,30);1H. The minimum Gasteiger partial charge on any atom is -0.497 e. The average molecular weight is 443 g/mol. The van der Waals surface area contributed by atoms with Crippen LogP contribution >= 0.6 is 0 Å². The highest BCUT2D eigenvalue weighted by atomic mass is 16.5. The van der Waals surface area contributed by atoms with Gasteiger partial charge in [-0.15, -0.1) is 0 Å². The van der Waals surface area contributed by atoms with Gasteiger partial charge >= 0.3 is 0 Å². The monoisotopic (exact) mass is 442 g/mol. The van der Waals surface area contributed by atoms with Gasteiger partial charge in [-0.2, -0.15) is 0 Å². The van der Waals surface area contributed by atoms with Crippen LogP contribution in [0.5, 0.6) is 5.75 Å². The summed E-state index contributed by atoms with van der Waals surface area (Å²) in [4.78, 5) is 11.6. The molecule has 0 amide bonds. The summed E-state index contributed by atoms with van der Waals surface area (Å²) >= 11 is 0. The lowest BCUT2D eigenvalue weighted by Gasteiger charge is -2.30. The van der Waals surface area contributed by atoms with Crippen molar-refractivity contribution in [3.05, 3.63) is 78.0 Å². The minimum absolute atomic E-state index is 0. The molecule has 33 heavy (non-hydrogen) atoms. The Hall–Kier alpha value is -3.64. The molecule has 1 aliphatic rings. The molecule has 1 aliphatic heterocycles. The highest BCUT2D eigenvalue weighted by Gasteiger charge is 2.17. The molecule has 0 atom stereocenters. The molecule has 1 fully saturated rings. The number of benzene rings is 3. The van der Waals surface area contributed by atoms with E-state index >= 15 is 0 Å². The average Bonchev–Trinajstić information content (AvgIpc) is 2.88. The van der Waals surface area contributed by atoms with E-state index in [1.807, 2.05) is 18.3 Å². The van der Waals surface area contributed by atoms with Crippen molar-refractivity contribution in [2.75, 3.05) is 43.6 Å². The molecule has 0 unspecified atom stereocenters. The molecule has 0 spiro atoms. The molecule has 0 saturated carbocycles. The number of fused-ring (bicyclic) bond motifs is 1. The summed E-state index contributed by atoms with van der Waals surface area (Å²) < 4.78 is 11.1. The predicted molar refractivity (Wildman–Crippen MR) is 135 cm³/mol. The van der Waals surface area contributed by atoms with Gasteiger partial charge in [0, 0.05) is 43.9 Å². The Morgan fingerprint density at radius 3 is 2.73 bits per heavy atom. The first-order chi connectivity index (χ1) is 16.2. The minimum atomic E-state index is 0. The van der Waals surface area contributed by atoms with E-state index in [1.54, 1.807) is 7.11 Å². The third kappa shape index (κ3) is 4.61. The molecular formula is C27H30N4O2. The Bertz CT molecular complexity index is 1270. The molecule has 0 bridgehead atoms. The van der Waals surface area contributed by atoms with Gasteiger partial charge in [-0.05, 0) is 53.8 Å². The summed E-state index contributed by atoms with van der Waals surface area (Å²) in [5.41, 5.74) is 5.62. The number of rotatable bonds is 6. The van der Waals surface area contributed by atoms with E-state index in [-0.39, 0.29) is 1.43 Å². The lowest BCUT2D eigenvalue weighted by Crippen LogP contribution is -2.36. The van der Waals surface area contributed by atoms with Crippen molar-refractivity contribution in [1.29, 1.82) is 0 Å². The molecule has 6 nitrogen and oxygen atoms in total. The predicted octanol–water partition coefficient (Wildman–Crippen LogP) is 5.31. The fourth-order valence-electron chi connectivity index (χ4n) is 4.25. The molecule has 4 aromatic rings. The SMILES string of the molecule is COc1ccc2cc(-c3ccnc(NCc4ccccc4C)n3)cc(N3CCOCC3)c2c1.[HH]. The van der Waals surface area contributed by atoms with Crippen LogP contribution in [0.1, 0.15) is 12.6 Å². The second kappa shape index (κ2) is 9.46. The number of anilines is 2. The molecule has 1 aromatic heterocycles. The largest absolute Gasteiger partial charge is 0.497 e. The van der Waals surface area contributed by atoms with E-state index < -0.39 is 0 Å². The summed E-state index contributed by atoms with van der Waals surface area (Å²) in [5, 5.41) is 5.70. The third-order valence-electron chi connectivity index (χ3n) is 6.14. The van der Waals surface area contributed by atoms with E-state index in [4.69, 9.17) is 14.5 Å². The maximum atomic E-state index is 5.59. The summed E-state index contributed by atoms with van der Waals surface area (Å²) in [6.45, 7) is 6.00. The van der Waals surface area contributed by atoms with Gasteiger partial charge in [0.2, 0.25) is 5.95 Å². The van der Waals surface area contributed by atoms with Crippen molar-refractivity contribution < 1.29 is 10.9 Å². The van der Waals surface area contributed by atoms with E-state index in [0.717, 1.165) is 48.7 Å². The Balaban J connectivity index is 0.00000274. The van der Waals surface area contributed by atoms with Crippen molar-refractivity contribution in [2.24, 2.45) is 0 Å². The number of nitrogens with one attached hydrogen (secondary N) is 1. The number of nitrogens with zero attached hydrogens (tertiary/aromatic N) is 3. The first kappa shape index (κ1) is 21.2. The first-order valence-corrected chi connectivity index (χ1v) is 11.3. The van der Waals surface area contributed by atoms with Gasteiger partial charge in [0.1, 0.15) is 5.75 Å². The maximum absolute atomic E-state index is 5.59. The second-order valence-electron chi connectivity index (χ2n) is 8.23. The van der Waals surface area contributed by atoms with E-state index in [9.17, 15) is 0 Å². The van der Waals surface area contributed by atoms with Crippen molar-refractivity contribution in [2.45, 2.75) is 13.5 Å². The number of methoxy groups -OCH3 is 1. The number of ether oxygens (including phenoxy) is 2. The molecule has 6 heteroatoms. The van der Waals surface area contributed by atoms with Crippen LogP contribution in [0, 0.1) is 6.92 Å². The van der Waals surface area contributed by atoms with E-state index in [1.165, 1.54) is 22.2 Å². The number of hydrogen-bond acceptors (Lipinski definition) is 6. The fourth-order valence-corrected chi connectivity index (χ4v) is 4.25. The quantitative estimate of drug-likeness (QED) is 0.437. The van der Waals surface area contributed by atoms with Crippen LogP contribution in [0.25, 0.3) is 22.0 Å². The fraction of sp³-hybridized carbons (Fsp3) is 0.259. The topological polar surface area (TPSA) is 59.5 Å². The van der Waals surface area contributed by atoms with Gasteiger partial charge in [0.25, 0.3) is 0 Å². The van der Waals surface area contributed by atoms with E-state index in [2.05, 4.69) is 70.7 Å². The molecule has 5 rings (SSSR count). The Labute approximate surface area is 195 Å². The van der Waals surface area contributed by atoms with Gasteiger partial charge in [-0.3, -0.25) is 0 Å². The third-order valence-corrected chi connectivity index (χ3v) is 6.14. The summed E-state index contributed by atoms with van der Waals surface area (Å²) in [6.07, 6.45) is 1.81. The molecule has 2 heterocycles. The van der Waals surface area contributed by atoms with Crippen LogP contribution < -0.4 is 15.0 Å². The smallest absolute Gasteiger partial charge is 0.223 e. The van der Waals surface area contributed by atoms with Crippen LogP contribution in [0.4, 0.5) is 11.6 Å². The lowest BCUT2D eigenvalue weighted by atomic mass is 10.0. The van der Waals surface area contributed by atoms with E-state index in [0.29, 0.717) is 12.5 Å². The number of morpholine rings is 1. The number of aryl methyl sites for hydroxylation is 1. The van der Waals surface area contributed by atoms with Crippen LogP contribution in [-0.2, 0) is 11.3 Å². The van der Waals surface area contributed by atoms with Gasteiger partial charge < -0.3 is 19.7 Å². The van der Waals surface area contributed by atoms with Crippen LogP contribution in [0.3, 0.4) is 0 Å². The molecule has 170 valence electrons. The maximum Gasteiger partial charge on any atom is 0.223 e. The first-order valence-electron chi connectivity index (χ1n) is 11.3. The van der Waals surface area contributed by atoms with Gasteiger partial charge in [-0.25, -0.2) is 9.97 Å². The molecule has 1 saturated heterocycles. The summed E-state index contributed by atoms with van der Waals surface area (Å²) in [7, 11) is 1.70. The van der Waals surface area contributed by atoms with Crippen LogP contribution in [0.2, 0.25) is 0 Å². The lowest BCUT2D eigenvalue weighted by molar-refractivity contribution is 0.123. The van der Waals surface area contributed by atoms with Crippen molar-refractivity contribution in [3.63, 3.8) is 0 Å². The molecule has 3 aromatic carbocycles. The number of aromatic nitrogens is 2. The summed E-state index contributed by atoms with van der Waals surface area (Å²) in [6, 6.07) is 20.9. The van der Waals surface area contributed by atoms with Crippen molar-refractivity contribution in [1.82, 2.24) is 9.97 Å². The molecule has 1 N–H and O–H groups in total. The number of hydrogen-bond donors (Lipinski definition) is 1. The van der Waals surface area contributed by atoms with Crippen LogP contribution in [-0.4, -0.2) is 43.4 Å². The zero-order valence-corrected chi connectivity index (χ0v) is 19.0. The normalized spacial score (nSPS) is 13.8. The van der Waals surface area contributed by atoms with Gasteiger partial charge in [-0.1, -0.05) is 30.3 Å². The molecule has 0 radical (unpaired) electrons.